The molecule has 0 heterocycles. The normalized spacial score (nSPS) is 12.6. The quantitative estimate of drug-likeness (QED) is 0.183. The molecular weight excluding hydrogens is 246 g/mol. The van der Waals surface area contributed by atoms with Crippen LogP contribution in [0.4, 0.5) is 0 Å². The summed E-state index contributed by atoms with van der Waals surface area (Å²) < 4.78 is 10.7. The Labute approximate surface area is 116 Å². The lowest BCUT2D eigenvalue weighted by Crippen LogP contribution is -2.34. The van der Waals surface area contributed by atoms with Gasteiger partial charge in [0.1, 0.15) is 5.84 Å². The summed E-state index contributed by atoms with van der Waals surface area (Å²) >= 11 is 0. The van der Waals surface area contributed by atoms with E-state index in [0.717, 1.165) is 32.7 Å². The molecule has 0 saturated carbocycles. The summed E-state index contributed by atoms with van der Waals surface area (Å²) in [6.45, 7) is 8.94. The van der Waals surface area contributed by atoms with Crippen molar-refractivity contribution in [3.8, 4) is 0 Å². The fourth-order valence-corrected chi connectivity index (χ4v) is 1.49. The second-order valence-electron chi connectivity index (χ2n) is 4.97. The molecule has 6 heteroatoms. The largest absolute Gasteiger partial charge is 0.409 e. The smallest absolute Gasteiger partial charge is 0.140 e. The molecule has 19 heavy (non-hydrogen) atoms. The number of oxime groups is 1. The topological polar surface area (TPSA) is 80.3 Å². The Morgan fingerprint density at radius 2 is 1.89 bits per heavy atom. The van der Waals surface area contributed by atoms with Gasteiger partial charge in [-0.2, -0.15) is 0 Å². The van der Waals surface area contributed by atoms with E-state index < -0.39 is 0 Å². The van der Waals surface area contributed by atoms with Gasteiger partial charge in [0.2, 0.25) is 0 Å². The van der Waals surface area contributed by atoms with Gasteiger partial charge >= 0.3 is 0 Å². The van der Waals surface area contributed by atoms with Crippen LogP contribution in [-0.4, -0.2) is 62.5 Å². The molecule has 0 aliphatic rings. The van der Waals surface area contributed by atoms with Gasteiger partial charge in [-0.05, 0) is 12.3 Å². The first-order valence-electron chi connectivity index (χ1n) is 6.85. The number of methoxy groups -OCH3 is 1. The standard InChI is InChI=1S/C13H29N3O3/c1-12(2)5-9-19-11-8-16(7-10-18-3)6-4-13(14)15-17/h12,17H,4-11H2,1-3H3,(H2,14,15). The summed E-state index contributed by atoms with van der Waals surface area (Å²) in [6.07, 6.45) is 1.63. The van der Waals surface area contributed by atoms with E-state index in [9.17, 15) is 0 Å². The highest BCUT2D eigenvalue weighted by Crippen LogP contribution is 1.99. The predicted octanol–water partition coefficient (Wildman–Crippen LogP) is 1.13. The summed E-state index contributed by atoms with van der Waals surface area (Å²) in [7, 11) is 1.68. The highest BCUT2D eigenvalue weighted by molar-refractivity contribution is 5.79. The van der Waals surface area contributed by atoms with E-state index in [0.29, 0.717) is 25.6 Å². The second-order valence-corrected chi connectivity index (χ2v) is 4.97. The zero-order chi connectivity index (χ0) is 14.5. The molecule has 0 fully saturated rings. The first kappa shape index (κ1) is 18.1. The summed E-state index contributed by atoms with van der Waals surface area (Å²) in [5.74, 6) is 0.924. The number of hydrogen-bond acceptors (Lipinski definition) is 5. The maximum atomic E-state index is 8.52. The molecule has 0 saturated heterocycles. The monoisotopic (exact) mass is 275 g/mol. The van der Waals surface area contributed by atoms with Gasteiger partial charge in [-0.25, -0.2) is 0 Å². The van der Waals surface area contributed by atoms with Crippen molar-refractivity contribution < 1.29 is 14.7 Å². The third-order valence-electron chi connectivity index (χ3n) is 2.82. The van der Waals surface area contributed by atoms with Crippen molar-refractivity contribution in [3.05, 3.63) is 0 Å². The minimum absolute atomic E-state index is 0.253. The van der Waals surface area contributed by atoms with Gasteiger partial charge in [0.15, 0.2) is 0 Å². The van der Waals surface area contributed by atoms with Crippen LogP contribution < -0.4 is 5.73 Å². The number of ether oxygens (including phenoxy) is 2. The maximum absolute atomic E-state index is 8.52. The van der Waals surface area contributed by atoms with Crippen molar-refractivity contribution in [2.24, 2.45) is 16.8 Å². The van der Waals surface area contributed by atoms with Gasteiger partial charge in [0.05, 0.1) is 13.2 Å². The summed E-state index contributed by atoms with van der Waals surface area (Å²) in [5, 5.41) is 11.5. The van der Waals surface area contributed by atoms with Gasteiger partial charge in [-0.1, -0.05) is 19.0 Å². The zero-order valence-electron chi connectivity index (χ0n) is 12.5. The fourth-order valence-electron chi connectivity index (χ4n) is 1.49. The second kappa shape index (κ2) is 12.2. The molecule has 0 radical (unpaired) electrons. The molecule has 0 aliphatic heterocycles. The maximum Gasteiger partial charge on any atom is 0.140 e. The number of nitrogens with two attached hydrogens (primary N) is 1. The minimum atomic E-state index is 0.253. The summed E-state index contributed by atoms with van der Waals surface area (Å²) in [5.41, 5.74) is 5.47. The van der Waals surface area contributed by atoms with E-state index in [1.54, 1.807) is 7.11 Å². The Morgan fingerprint density at radius 3 is 2.47 bits per heavy atom. The van der Waals surface area contributed by atoms with E-state index in [-0.39, 0.29) is 5.84 Å². The van der Waals surface area contributed by atoms with Crippen molar-refractivity contribution >= 4 is 5.84 Å². The summed E-state index contributed by atoms with van der Waals surface area (Å²) in [6, 6.07) is 0. The highest BCUT2D eigenvalue weighted by Gasteiger charge is 2.06. The molecule has 0 rings (SSSR count). The molecule has 0 aromatic rings. The highest BCUT2D eigenvalue weighted by atomic mass is 16.5. The van der Waals surface area contributed by atoms with Crippen molar-refractivity contribution in [2.45, 2.75) is 26.7 Å². The van der Waals surface area contributed by atoms with Crippen molar-refractivity contribution in [1.29, 1.82) is 0 Å². The molecule has 0 spiro atoms. The van der Waals surface area contributed by atoms with E-state index in [2.05, 4.69) is 23.9 Å². The first-order valence-corrected chi connectivity index (χ1v) is 6.85. The van der Waals surface area contributed by atoms with Gasteiger partial charge < -0.3 is 20.4 Å². The molecule has 3 N–H and O–H groups in total. The van der Waals surface area contributed by atoms with Crippen LogP contribution >= 0.6 is 0 Å². The molecule has 0 atom stereocenters. The van der Waals surface area contributed by atoms with Crippen molar-refractivity contribution in [1.82, 2.24) is 4.90 Å². The molecule has 0 bridgehead atoms. The Kier molecular flexibility index (Phi) is 11.7. The van der Waals surface area contributed by atoms with Crippen LogP contribution in [0, 0.1) is 5.92 Å². The number of amidine groups is 1. The lowest BCUT2D eigenvalue weighted by atomic mass is 10.1. The molecule has 0 unspecified atom stereocenters. The third-order valence-corrected chi connectivity index (χ3v) is 2.82. The first-order chi connectivity index (χ1) is 9.10. The predicted molar refractivity (Wildman–Crippen MR) is 76.6 cm³/mol. The van der Waals surface area contributed by atoms with Gasteiger partial charge in [0, 0.05) is 39.8 Å². The average molecular weight is 275 g/mol. The Morgan fingerprint density at radius 1 is 1.21 bits per heavy atom. The van der Waals surface area contributed by atoms with E-state index >= 15 is 0 Å². The SMILES string of the molecule is COCCN(CCOCCC(C)C)CCC(N)=NO. The number of rotatable bonds is 12. The molecular formula is C13H29N3O3. The van der Waals surface area contributed by atoms with Gasteiger partial charge in [-0.3, -0.25) is 4.90 Å². The van der Waals surface area contributed by atoms with Crippen LogP contribution in [0.25, 0.3) is 0 Å². The molecule has 0 aromatic heterocycles. The van der Waals surface area contributed by atoms with Crippen LogP contribution in [0.3, 0.4) is 0 Å². The van der Waals surface area contributed by atoms with Crippen LogP contribution in [0.15, 0.2) is 5.16 Å². The fraction of sp³-hybridized carbons (Fsp3) is 0.923. The van der Waals surface area contributed by atoms with E-state index in [1.165, 1.54) is 0 Å². The van der Waals surface area contributed by atoms with Crippen molar-refractivity contribution in [2.75, 3.05) is 46.6 Å². The minimum Gasteiger partial charge on any atom is -0.409 e. The summed E-state index contributed by atoms with van der Waals surface area (Å²) in [4.78, 5) is 2.19. The van der Waals surface area contributed by atoms with Gasteiger partial charge in [-0.15, -0.1) is 0 Å². The van der Waals surface area contributed by atoms with Crippen LogP contribution in [0.2, 0.25) is 0 Å². The van der Waals surface area contributed by atoms with Crippen LogP contribution in [0.1, 0.15) is 26.7 Å². The zero-order valence-corrected chi connectivity index (χ0v) is 12.5. The number of nitrogens with zero attached hydrogens (tertiary/aromatic N) is 2. The lowest BCUT2D eigenvalue weighted by molar-refractivity contribution is 0.0839. The van der Waals surface area contributed by atoms with Crippen LogP contribution in [0.5, 0.6) is 0 Å². The molecule has 6 nitrogen and oxygen atoms in total. The van der Waals surface area contributed by atoms with Crippen molar-refractivity contribution in [3.63, 3.8) is 0 Å². The van der Waals surface area contributed by atoms with Gasteiger partial charge in [0.25, 0.3) is 0 Å². The Balaban J connectivity index is 3.79. The van der Waals surface area contributed by atoms with E-state index in [4.69, 9.17) is 20.4 Å². The molecule has 114 valence electrons. The molecule has 0 amide bonds. The Bertz CT molecular complexity index is 235. The van der Waals surface area contributed by atoms with Crippen LogP contribution in [-0.2, 0) is 9.47 Å². The number of hydrogen-bond donors (Lipinski definition) is 2. The lowest BCUT2D eigenvalue weighted by Gasteiger charge is -2.21. The third kappa shape index (κ3) is 11.9. The molecule has 0 aromatic carbocycles. The average Bonchev–Trinajstić information content (AvgIpc) is 2.39. The molecule has 0 aliphatic carbocycles. The van der Waals surface area contributed by atoms with E-state index in [1.807, 2.05) is 0 Å². The Hall–Kier alpha value is -0.850.